The summed E-state index contributed by atoms with van der Waals surface area (Å²) in [6.45, 7) is 4.57. The summed E-state index contributed by atoms with van der Waals surface area (Å²) in [5.41, 5.74) is 1.09. The molecule has 2 N–H and O–H groups in total. The van der Waals surface area contributed by atoms with E-state index in [1.807, 2.05) is 22.9 Å². The Morgan fingerprint density at radius 2 is 2.17 bits per heavy atom. The summed E-state index contributed by atoms with van der Waals surface area (Å²) in [7, 11) is 5.09. The van der Waals surface area contributed by atoms with E-state index < -0.39 is 0 Å². The number of ether oxygens (including phenoxy) is 3. The maximum Gasteiger partial charge on any atom is 0.191 e. The fourth-order valence-corrected chi connectivity index (χ4v) is 3.40. The second-order valence-electron chi connectivity index (χ2n) is 7.20. The summed E-state index contributed by atoms with van der Waals surface area (Å²) in [5, 5.41) is 11.4. The second kappa shape index (κ2) is 10.8. The molecule has 3 rings (SSSR count). The third-order valence-corrected chi connectivity index (χ3v) is 4.89. The monoisotopic (exact) mass is 416 g/mol. The number of methoxy groups -OCH3 is 2. The van der Waals surface area contributed by atoms with Crippen LogP contribution in [0, 0.1) is 0 Å². The molecule has 9 heteroatoms. The highest BCUT2D eigenvalue weighted by atomic mass is 16.5. The lowest BCUT2D eigenvalue weighted by Crippen LogP contribution is -2.46. The van der Waals surface area contributed by atoms with Gasteiger partial charge in [0.2, 0.25) is 0 Å². The normalized spacial score (nSPS) is 16.1. The highest BCUT2D eigenvalue weighted by Crippen LogP contribution is 2.28. The molecule has 1 aliphatic heterocycles. The predicted octanol–water partition coefficient (Wildman–Crippen LogP) is 1.90. The minimum Gasteiger partial charge on any atom is -0.493 e. The Labute approximate surface area is 177 Å². The van der Waals surface area contributed by atoms with E-state index in [1.165, 1.54) is 0 Å². The van der Waals surface area contributed by atoms with Gasteiger partial charge >= 0.3 is 0 Å². The number of benzene rings is 1. The molecule has 30 heavy (non-hydrogen) atoms. The Balaban J connectivity index is 1.55. The molecule has 9 nitrogen and oxygen atoms in total. The van der Waals surface area contributed by atoms with Crippen LogP contribution in [0.2, 0.25) is 0 Å². The van der Waals surface area contributed by atoms with Gasteiger partial charge in [-0.2, -0.15) is 5.10 Å². The van der Waals surface area contributed by atoms with Crippen molar-refractivity contribution < 1.29 is 14.2 Å². The van der Waals surface area contributed by atoms with Crippen LogP contribution in [0.5, 0.6) is 11.5 Å². The molecule has 1 atom stereocenters. The Hall–Kier alpha value is -2.81. The van der Waals surface area contributed by atoms with E-state index in [-0.39, 0.29) is 6.04 Å². The van der Waals surface area contributed by atoms with Crippen molar-refractivity contribution in [3.05, 3.63) is 35.4 Å². The molecule has 1 unspecified atom stereocenters. The quantitative estimate of drug-likeness (QED) is 0.476. The number of aromatic nitrogens is 3. The zero-order chi connectivity index (χ0) is 21.3. The fourth-order valence-electron chi connectivity index (χ4n) is 3.40. The first kappa shape index (κ1) is 21.9. The summed E-state index contributed by atoms with van der Waals surface area (Å²) in [5.74, 6) is 4.01. The molecule has 0 bridgehead atoms. The number of hydrogen-bond acceptors (Lipinski definition) is 6. The summed E-state index contributed by atoms with van der Waals surface area (Å²) in [4.78, 5) is 8.89. The van der Waals surface area contributed by atoms with Gasteiger partial charge in [-0.3, -0.25) is 4.99 Å². The van der Waals surface area contributed by atoms with Crippen LogP contribution in [0.3, 0.4) is 0 Å². The summed E-state index contributed by atoms with van der Waals surface area (Å²) >= 11 is 0. The van der Waals surface area contributed by atoms with Crippen molar-refractivity contribution in [3.8, 4) is 11.5 Å². The van der Waals surface area contributed by atoms with Gasteiger partial charge in [0.1, 0.15) is 12.4 Å². The lowest BCUT2D eigenvalue weighted by atomic mass is 10.1. The number of rotatable bonds is 9. The van der Waals surface area contributed by atoms with Gasteiger partial charge in [-0.25, -0.2) is 9.67 Å². The first-order valence-corrected chi connectivity index (χ1v) is 10.3. The van der Waals surface area contributed by atoms with Gasteiger partial charge in [0.15, 0.2) is 23.3 Å². The van der Waals surface area contributed by atoms with Crippen molar-refractivity contribution in [1.29, 1.82) is 0 Å². The molecule has 2 heterocycles. The van der Waals surface area contributed by atoms with Gasteiger partial charge in [-0.05, 0) is 30.5 Å². The van der Waals surface area contributed by atoms with Crippen LogP contribution in [-0.2, 0) is 30.9 Å². The molecular formula is C21H32N6O3. The molecule has 0 saturated heterocycles. The van der Waals surface area contributed by atoms with E-state index in [9.17, 15) is 0 Å². The maximum absolute atomic E-state index is 5.72. The van der Waals surface area contributed by atoms with Crippen LogP contribution in [0.15, 0.2) is 23.2 Å². The van der Waals surface area contributed by atoms with Gasteiger partial charge in [-0.1, -0.05) is 13.0 Å². The van der Waals surface area contributed by atoms with Gasteiger partial charge in [-0.15, -0.1) is 0 Å². The molecule has 0 radical (unpaired) electrons. The molecule has 1 aromatic carbocycles. The van der Waals surface area contributed by atoms with Crippen molar-refractivity contribution in [3.63, 3.8) is 0 Å². The van der Waals surface area contributed by atoms with E-state index in [1.54, 1.807) is 21.3 Å². The minimum atomic E-state index is 0.236. The Kier molecular flexibility index (Phi) is 7.89. The summed E-state index contributed by atoms with van der Waals surface area (Å²) in [6.07, 6.45) is 2.81. The van der Waals surface area contributed by atoms with Crippen molar-refractivity contribution in [2.45, 2.75) is 51.9 Å². The number of hydrogen-bond donors (Lipinski definition) is 2. The average molecular weight is 417 g/mol. The third-order valence-electron chi connectivity index (χ3n) is 4.89. The predicted molar refractivity (Wildman–Crippen MR) is 115 cm³/mol. The lowest BCUT2D eigenvalue weighted by Gasteiger charge is -2.25. The molecule has 164 valence electrons. The SMILES string of the molecule is CCCOc1ccc(CNC(=NC)NC2CCc3nc(COC)nn3C2)cc1OC. The third kappa shape index (κ3) is 5.63. The number of fused-ring (bicyclic) bond motifs is 1. The van der Waals surface area contributed by atoms with Crippen LogP contribution in [0.1, 0.15) is 37.0 Å². The smallest absolute Gasteiger partial charge is 0.191 e. The number of nitrogens with zero attached hydrogens (tertiary/aromatic N) is 4. The van der Waals surface area contributed by atoms with E-state index in [0.29, 0.717) is 19.8 Å². The average Bonchev–Trinajstić information content (AvgIpc) is 3.17. The minimum absolute atomic E-state index is 0.236. The van der Waals surface area contributed by atoms with Crippen LogP contribution < -0.4 is 20.1 Å². The van der Waals surface area contributed by atoms with Crippen LogP contribution in [0.25, 0.3) is 0 Å². The molecule has 0 amide bonds. The molecule has 0 fully saturated rings. The standard InChI is InChI=1S/C21H32N6O3/c1-5-10-30-17-8-6-15(11-18(17)29-4)12-23-21(22-2)24-16-7-9-20-25-19(14-28-3)26-27(20)13-16/h6,8,11,16H,5,7,9-10,12-14H2,1-4H3,(H2,22,23,24). The Morgan fingerprint density at radius 3 is 2.90 bits per heavy atom. The largest absolute Gasteiger partial charge is 0.493 e. The van der Waals surface area contributed by atoms with Crippen LogP contribution in [0.4, 0.5) is 0 Å². The number of aryl methyl sites for hydroxylation is 1. The van der Waals surface area contributed by atoms with Gasteiger partial charge in [0, 0.05) is 33.2 Å². The van der Waals surface area contributed by atoms with E-state index in [4.69, 9.17) is 14.2 Å². The second-order valence-corrected chi connectivity index (χ2v) is 7.20. The maximum atomic E-state index is 5.72. The molecule has 0 aliphatic carbocycles. The Bertz CT molecular complexity index is 851. The summed E-state index contributed by atoms with van der Waals surface area (Å²) in [6, 6.07) is 6.21. The highest BCUT2D eigenvalue weighted by molar-refractivity contribution is 5.80. The molecule has 0 spiro atoms. The molecule has 0 saturated carbocycles. The first-order chi connectivity index (χ1) is 14.7. The topological polar surface area (TPSA) is 94.8 Å². The molecule has 2 aromatic rings. The molecule has 1 aliphatic rings. The zero-order valence-electron chi connectivity index (χ0n) is 18.3. The van der Waals surface area contributed by atoms with Crippen molar-refractivity contribution in [1.82, 2.24) is 25.4 Å². The fraction of sp³-hybridized carbons (Fsp3) is 0.571. The van der Waals surface area contributed by atoms with Crippen molar-refractivity contribution in [2.75, 3.05) is 27.9 Å². The van der Waals surface area contributed by atoms with Crippen molar-refractivity contribution in [2.24, 2.45) is 4.99 Å². The first-order valence-electron chi connectivity index (χ1n) is 10.3. The van der Waals surface area contributed by atoms with E-state index in [2.05, 4.69) is 32.6 Å². The molecular weight excluding hydrogens is 384 g/mol. The van der Waals surface area contributed by atoms with Gasteiger partial charge < -0.3 is 24.8 Å². The lowest BCUT2D eigenvalue weighted by molar-refractivity contribution is 0.177. The molecule has 1 aromatic heterocycles. The number of nitrogens with one attached hydrogen (secondary N) is 2. The van der Waals surface area contributed by atoms with E-state index >= 15 is 0 Å². The van der Waals surface area contributed by atoms with Crippen LogP contribution in [-0.4, -0.2) is 54.6 Å². The zero-order valence-corrected chi connectivity index (χ0v) is 18.3. The van der Waals surface area contributed by atoms with E-state index in [0.717, 1.165) is 60.5 Å². The number of aliphatic imine (C=N–C) groups is 1. The summed E-state index contributed by atoms with van der Waals surface area (Å²) < 4.78 is 18.3. The van der Waals surface area contributed by atoms with Gasteiger partial charge in [0.25, 0.3) is 0 Å². The van der Waals surface area contributed by atoms with Crippen LogP contribution >= 0.6 is 0 Å². The van der Waals surface area contributed by atoms with Gasteiger partial charge in [0.05, 0.1) is 20.3 Å². The number of guanidine groups is 1. The van der Waals surface area contributed by atoms with Crippen molar-refractivity contribution >= 4 is 5.96 Å². The Morgan fingerprint density at radius 1 is 1.30 bits per heavy atom. The highest BCUT2D eigenvalue weighted by Gasteiger charge is 2.22.